The van der Waals surface area contributed by atoms with Crippen LogP contribution in [0.5, 0.6) is 0 Å². The minimum atomic E-state index is -4.22. The Morgan fingerprint density at radius 2 is 1.96 bits per heavy atom. The van der Waals surface area contributed by atoms with Crippen molar-refractivity contribution in [3.05, 3.63) is 47.3 Å². The maximum absolute atomic E-state index is 13.3. The van der Waals surface area contributed by atoms with Gasteiger partial charge in [-0.25, -0.2) is 14.3 Å². The number of fused-ring (bicyclic) bond motifs is 1. The summed E-state index contributed by atoms with van der Waals surface area (Å²) in [6, 6.07) is 4.05. The van der Waals surface area contributed by atoms with E-state index in [-0.39, 0.29) is 17.0 Å². The zero-order chi connectivity index (χ0) is 19.9. The molecule has 0 fully saturated rings. The van der Waals surface area contributed by atoms with Gasteiger partial charge in [0.1, 0.15) is 0 Å². The van der Waals surface area contributed by atoms with Crippen molar-refractivity contribution in [2.45, 2.75) is 38.9 Å². The van der Waals surface area contributed by atoms with Gasteiger partial charge >= 0.3 is 16.0 Å². The lowest BCUT2D eigenvalue weighted by molar-refractivity contribution is 0.0697. The van der Waals surface area contributed by atoms with Gasteiger partial charge in [0.2, 0.25) is 0 Å². The molecule has 10 heteroatoms. The SMILES string of the molecule is Cc1cnc2nc(S(=O)(=O)N(c3c(C)cccc3C(=O)O)C(C)C)nn2c1. The van der Waals surface area contributed by atoms with Crippen LogP contribution in [0.2, 0.25) is 0 Å². The molecule has 0 saturated heterocycles. The van der Waals surface area contributed by atoms with Crippen molar-refractivity contribution >= 4 is 27.5 Å². The molecule has 2 aromatic heterocycles. The number of carboxylic acids is 1. The summed E-state index contributed by atoms with van der Waals surface area (Å²) in [5.74, 6) is -1.07. The number of para-hydroxylation sites is 1. The maximum Gasteiger partial charge on any atom is 0.337 e. The Bertz CT molecular complexity index is 1140. The van der Waals surface area contributed by atoms with Crippen LogP contribution in [0.15, 0.2) is 35.7 Å². The van der Waals surface area contributed by atoms with E-state index >= 15 is 0 Å². The van der Waals surface area contributed by atoms with Crippen LogP contribution in [-0.2, 0) is 10.0 Å². The number of sulfonamides is 1. The van der Waals surface area contributed by atoms with Crippen molar-refractivity contribution < 1.29 is 18.3 Å². The monoisotopic (exact) mass is 389 g/mol. The third-order valence-corrected chi connectivity index (χ3v) is 5.71. The second-order valence-electron chi connectivity index (χ2n) is 6.44. The molecule has 1 N–H and O–H groups in total. The molecule has 3 rings (SSSR count). The lowest BCUT2D eigenvalue weighted by Gasteiger charge is -2.29. The Balaban J connectivity index is 2.24. The highest BCUT2D eigenvalue weighted by atomic mass is 32.2. The van der Waals surface area contributed by atoms with Crippen LogP contribution in [0.25, 0.3) is 5.78 Å². The second kappa shape index (κ2) is 6.62. The van der Waals surface area contributed by atoms with Gasteiger partial charge in [0.25, 0.3) is 10.9 Å². The Morgan fingerprint density at radius 3 is 2.59 bits per heavy atom. The zero-order valence-electron chi connectivity index (χ0n) is 15.3. The van der Waals surface area contributed by atoms with Gasteiger partial charge in [-0.1, -0.05) is 12.1 Å². The van der Waals surface area contributed by atoms with Gasteiger partial charge in [0.15, 0.2) is 0 Å². The second-order valence-corrected chi connectivity index (χ2v) is 8.15. The summed E-state index contributed by atoms with van der Waals surface area (Å²) in [6.45, 7) is 6.78. The fourth-order valence-corrected chi connectivity index (χ4v) is 4.44. The van der Waals surface area contributed by atoms with E-state index in [9.17, 15) is 18.3 Å². The van der Waals surface area contributed by atoms with Crippen molar-refractivity contribution in [3.8, 4) is 0 Å². The number of aromatic carboxylic acids is 1. The van der Waals surface area contributed by atoms with Crippen LogP contribution in [0, 0.1) is 13.8 Å². The molecule has 0 bridgehead atoms. The molecule has 0 unspecified atom stereocenters. The first-order chi connectivity index (χ1) is 12.6. The van der Waals surface area contributed by atoms with E-state index in [4.69, 9.17) is 0 Å². The molecule has 0 spiro atoms. The molecule has 0 aliphatic heterocycles. The third-order valence-electron chi connectivity index (χ3n) is 3.95. The largest absolute Gasteiger partial charge is 0.478 e. The molecule has 0 atom stereocenters. The van der Waals surface area contributed by atoms with Crippen molar-refractivity contribution in [2.24, 2.45) is 0 Å². The van der Waals surface area contributed by atoms with Crippen LogP contribution < -0.4 is 4.31 Å². The van der Waals surface area contributed by atoms with E-state index < -0.39 is 27.2 Å². The van der Waals surface area contributed by atoms with Crippen molar-refractivity contribution in [1.82, 2.24) is 19.6 Å². The molecule has 0 radical (unpaired) electrons. The van der Waals surface area contributed by atoms with Crippen molar-refractivity contribution in [1.29, 1.82) is 0 Å². The maximum atomic E-state index is 13.3. The average molecular weight is 389 g/mol. The number of hydrogen-bond donors (Lipinski definition) is 1. The van der Waals surface area contributed by atoms with Gasteiger partial charge in [0.05, 0.1) is 11.3 Å². The van der Waals surface area contributed by atoms with Gasteiger partial charge in [-0.15, -0.1) is 5.10 Å². The third kappa shape index (κ3) is 3.23. The van der Waals surface area contributed by atoms with Gasteiger partial charge in [-0.05, 0) is 44.9 Å². The quantitative estimate of drug-likeness (QED) is 0.709. The standard InChI is InChI=1S/C17H19N5O4S/c1-10(2)22(14-12(4)6-5-7-13(14)15(23)24)27(25,26)17-19-16-18-8-11(3)9-21(16)20-17/h5-10H,1-4H3,(H,23,24). The van der Waals surface area contributed by atoms with Crippen LogP contribution in [0.1, 0.15) is 35.3 Å². The summed E-state index contributed by atoms with van der Waals surface area (Å²) >= 11 is 0. The Morgan fingerprint density at radius 1 is 1.26 bits per heavy atom. The number of aryl methyl sites for hydroxylation is 2. The van der Waals surface area contributed by atoms with Crippen molar-refractivity contribution in [3.63, 3.8) is 0 Å². The van der Waals surface area contributed by atoms with E-state index in [1.807, 2.05) is 0 Å². The van der Waals surface area contributed by atoms with Gasteiger partial charge in [0, 0.05) is 18.4 Å². The predicted octanol–water partition coefficient (Wildman–Crippen LogP) is 2.04. The first-order valence-corrected chi connectivity index (χ1v) is 9.63. The smallest absolute Gasteiger partial charge is 0.337 e. The Labute approximate surface area is 156 Å². The number of anilines is 1. The average Bonchev–Trinajstić information content (AvgIpc) is 2.99. The van der Waals surface area contributed by atoms with E-state index in [1.54, 1.807) is 52.2 Å². The molecule has 27 heavy (non-hydrogen) atoms. The fraction of sp³-hybridized carbons (Fsp3) is 0.294. The molecule has 2 heterocycles. The summed E-state index contributed by atoms with van der Waals surface area (Å²) in [6.07, 6.45) is 3.18. The van der Waals surface area contributed by atoms with Crippen LogP contribution in [-0.4, -0.2) is 45.1 Å². The van der Waals surface area contributed by atoms with Crippen LogP contribution >= 0.6 is 0 Å². The number of carboxylic acid groups (broad SMARTS) is 1. The van der Waals surface area contributed by atoms with Crippen molar-refractivity contribution in [2.75, 3.05) is 4.31 Å². The lowest BCUT2D eigenvalue weighted by atomic mass is 10.1. The number of benzene rings is 1. The highest BCUT2D eigenvalue weighted by Gasteiger charge is 2.35. The highest BCUT2D eigenvalue weighted by Crippen LogP contribution is 2.31. The number of nitrogens with zero attached hydrogens (tertiary/aromatic N) is 5. The first-order valence-electron chi connectivity index (χ1n) is 8.19. The highest BCUT2D eigenvalue weighted by molar-refractivity contribution is 7.92. The summed E-state index contributed by atoms with van der Waals surface area (Å²) in [5.41, 5.74) is 1.31. The molecular weight excluding hydrogens is 370 g/mol. The topological polar surface area (TPSA) is 118 Å². The molecule has 1 aromatic carbocycles. The normalized spacial score (nSPS) is 11.9. The molecule has 0 aliphatic rings. The number of rotatable bonds is 5. The molecule has 0 saturated carbocycles. The number of carbonyl (C=O) groups is 1. The summed E-state index contributed by atoms with van der Waals surface area (Å²) < 4.78 is 29.0. The predicted molar refractivity (Wildman–Crippen MR) is 98.5 cm³/mol. The van der Waals surface area contributed by atoms with Crippen LogP contribution in [0.3, 0.4) is 0 Å². The Kier molecular flexibility index (Phi) is 4.60. The van der Waals surface area contributed by atoms with E-state index in [1.165, 1.54) is 10.6 Å². The minimum Gasteiger partial charge on any atom is -0.478 e. The van der Waals surface area contributed by atoms with E-state index in [0.29, 0.717) is 5.56 Å². The molecule has 3 aromatic rings. The van der Waals surface area contributed by atoms with Gasteiger partial charge in [-0.3, -0.25) is 4.31 Å². The molecular formula is C17H19N5O4S. The summed E-state index contributed by atoms with van der Waals surface area (Å²) in [5, 5.41) is 13.1. The van der Waals surface area contributed by atoms with Gasteiger partial charge in [-0.2, -0.15) is 13.4 Å². The van der Waals surface area contributed by atoms with E-state index in [2.05, 4.69) is 15.1 Å². The molecule has 0 amide bonds. The van der Waals surface area contributed by atoms with E-state index in [0.717, 1.165) is 9.87 Å². The summed E-state index contributed by atoms with van der Waals surface area (Å²) in [4.78, 5) is 19.8. The molecule has 142 valence electrons. The Hall–Kier alpha value is -3.01. The van der Waals surface area contributed by atoms with Crippen LogP contribution in [0.4, 0.5) is 5.69 Å². The minimum absolute atomic E-state index is 0.1000. The number of aromatic nitrogens is 4. The first kappa shape index (κ1) is 18.8. The zero-order valence-corrected chi connectivity index (χ0v) is 16.1. The molecule has 0 aliphatic carbocycles. The number of hydrogen-bond acceptors (Lipinski definition) is 6. The lowest BCUT2D eigenvalue weighted by Crippen LogP contribution is -2.39. The fourth-order valence-electron chi connectivity index (χ4n) is 2.83. The van der Waals surface area contributed by atoms with Gasteiger partial charge < -0.3 is 5.11 Å². The summed E-state index contributed by atoms with van der Waals surface area (Å²) in [7, 11) is -4.22. The molecule has 9 nitrogen and oxygen atoms in total.